The van der Waals surface area contributed by atoms with Crippen LogP contribution in [0.3, 0.4) is 0 Å². The standard InChI is InChI=1S/C26H33N3O4S/c1-18(2)27-25(30)23-6-4-8-24-22(23)7-5-15-29(24)26(31)20-13-16-28(17-14-20)34(32,33)21-11-9-19(3)10-12-21/h4,6,8-12,18,20H,5,7,13-17H2,1-3H3,(H,27,30). The minimum absolute atomic E-state index is 0.0229. The SMILES string of the molecule is Cc1ccc(S(=O)(=O)N2CCC(C(=O)N3CCCc4c(C(=O)NC(C)C)cccc43)CC2)cc1. The molecule has 2 aliphatic heterocycles. The van der Waals surface area contributed by atoms with E-state index < -0.39 is 10.0 Å². The smallest absolute Gasteiger partial charge is 0.251 e. The van der Waals surface area contributed by atoms with Crippen LogP contribution in [0, 0.1) is 12.8 Å². The van der Waals surface area contributed by atoms with E-state index in [2.05, 4.69) is 5.32 Å². The molecule has 8 heteroatoms. The van der Waals surface area contributed by atoms with Gasteiger partial charge in [-0.15, -0.1) is 0 Å². The van der Waals surface area contributed by atoms with Crippen LogP contribution in [0.5, 0.6) is 0 Å². The second kappa shape index (κ2) is 9.88. The van der Waals surface area contributed by atoms with Crippen molar-refractivity contribution >= 4 is 27.5 Å². The average molecular weight is 484 g/mol. The number of hydrogen-bond acceptors (Lipinski definition) is 4. The molecule has 2 heterocycles. The summed E-state index contributed by atoms with van der Waals surface area (Å²) in [5.41, 5.74) is 3.36. The Morgan fingerprint density at radius 1 is 1.00 bits per heavy atom. The van der Waals surface area contributed by atoms with Gasteiger partial charge in [0.2, 0.25) is 15.9 Å². The van der Waals surface area contributed by atoms with Crippen molar-refractivity contribution in [2.24, 2.45) is 5.92 Å². The van der Waals surface area contributed by atoms with Gasteiger partial charge >= 0.3 is 0 Å². The Bertz CT molecular complexity index is 1170. The molecule has 2 aromatic carbocycles. The highest BCUT2D eigenvalue weighted by atomic mass is 32.2. The minimum Gasteiger partial charge on any atom is -0.350 e. The van der Waals surface area contributed by atoms with Crippen LogP contribution in [-0.4, -0.2) is 50.2 Å². The summed E-state index contributed by atoms with van der Waals surface area (Å²) in [6, 6.07) is 12.5. The van der Waals surface area contributed by atoms with Crippen molar-refractivity contribution in [2.45, 2.75) is 57.4 Å². The van der Waals surface area contributed by atoms with Crippen LogP contribution in [0.1, 0.15) is 54.6 Å². The lowest BCUT2D eigenvalue weighted by Gasteiger charge is -2.36. The Morgan fingerprint density at radius 3 is 2.32 bits per heavy atom. The molecule has 0 spiro atoms. The maximum absolute atomic E-state index is 13.5. The molecule has 0 bridgehead atoms. The molecule has 2 aromatic rings. The largest absolute Gasteiger partial charge is 0.350 e. The summed E-state index contributed by atoms with van der Waals surface area (Å²) in [4.78, 5) is 28.3. The van der Waals surface area contributed by atoms with Crippen molar-refractivity contribution in [3.63, 3.8) is 0 Å². The molecule has 7 nitrogen and oxygen atoms in total. The zero-order valence-corrected chi connectivity index (χ0v) is 20.9. The van der Waals surface area contributed by atoms with Gasteiger partial charge in [-0.25, -0.2) is 8.42 Å². The van der Waals surface area contributed by atoms with Crippen molar-refractivity contribution in [1.29, 1.82) is 0 Å². The first-order valence-corrected chi connectivity index (χ1v) is 13.4. The molecule has 0 radical (unpaired) electrons. The summed E-state index contributed by atoms with van der Waals surface area (Å²) in [5.74, 6) is -0.325. The van der Waals surface area contributed by atoms with Crippen LogP contribution >= 0.6 is 0 Å². The summed E-state index contributed by atoms with van der Waals surface area (Å²) in [6.45, 7) is 7.03. The molecule has 1 N–H and O–H groups in total. The number of hydrogen-bond donors (Lipinski definition) is 1. The number of carbonyl (C=O) groups is 2. The first kappa shape index (κ1) is 24.4. The van der Waals surface area contributed by atoms with E-state index in [4.69, 9.17) is 0 Å². The van der Waals surface area contributed by atoms with E-state index in [1.165, 1.54) is 4.31 Å². The van der Waals surface area contributed by atoms with Crippen LogP contribution in [0.25, 0.3) is 0 Å². The monoisotopic (exact) mass is 483 g/mol. The summed E-state index contributed by atoms with van der Waals surface area (Å²) in [6.07, 6.45) is 2.53. The predicted octanol–water partition coefficient (Wildman–Crippen LogP) is 3.51. The van der Waals surface area contributed by atoms with Gasteiger partial charge < -0.3 is 10.2 Å². The van der Waals surface area contributed by atoms with Crippen molar-refractivity contribution < 1.29 is 18.0 Å². The minimum atomic E-state index is -3.56. The van der Waals surface area contributed by atoms with Crippen LogP contribution < -0.4 is 10.2 Å². The van der Waals surface area contributed by atoms with Gasteiger partial charge in [-0.1, -0.05) is 23.8 Å². The van der Waals surface area contributed by atoms with E-state index in [0.29, 0.717) is 42.9 Å². The van der Waals surface area contributed by atoms with E-state index in [-0.39, 0.29) is 23.8 Å². The lowest BCUT2D eigenvalue weighted by Crippen LogP contribution is -2.46. The molecule has 0 aliphatic carbocycles. The first-order chi connectivity index (χ1) is 16.2. The summed E-state index contributed by atoms with van der Waals surface area (Å²) < 4.78 is 27.5. The number of sulfonamides is 1. The lowest BCUT2D eigenvalue weighted by atomic mass is 9.92. The molecule has 4 rings (SSSR count). The third-order valence-corrected chi connectivity index (χ3v) is 8.56. The quantitative estimate of drug-likeness (QED) is 0.705. The van der Waals surface area contributed by atoms with Crippen LogP contribution in [0.15, 0.2) is 47.4 Å². The third-order valence-electron chi connectivity index (χ3n) is 6.64. The Balaban J connectivity index is 1.47. The molecule has 34 heavy (non-hydrogen) atoms. The van der Waals surface area contributed by atoms with Gasteiger partial charge in [-0.05, 0) is 76.3 Å². The van der Waals surface area contributed by atoms with Crippen molar-refractivity contribution in [1.82, 2.24) is 9.62 Å². The van der Waals surface area contributed by atoms with Crippen LogP contribution in [-0.2, 0) is 21.2 Å². The summed E-state index contributed by atoms with van der Waals surface area (Å²) in [5, 5.41) is 2.95. The topological polar surface area (TPSA) is 86.8 Å². The Kier molecular flexibility index (Phi) is 7.09. The molecule has 0 aromatic heterocycles. The number of amides is 2. The molecule has 0 atom stereocenters. The van der Waals surface area contributed by atoms with E-state index >= 15 is 0 Å². The molecular formula is C26H33N3O4S. The fourth-order valence-corrected chi connectivity index (χ4v) is 6.30. The van der Waals surface area contributed by atoms with Crippen molar-refractivity contribution in [3.8, 4) is 0 Å². The molecular weight excluding hydrogens is 450 g/mol. The molecule has 0 unspecified atom stereocenters. The number of nitrogens with one attached hydrogen (secondary N) is 1. The zero-order valence-electron chi connectivity index (χ0n) is 20.1. The number of benzene rings is 2. The van der Waals surface area contributed by atoms with Crippen molar-refractivity contribution in [3.05, 3.63) is 59.2 Å². The molecule has 182 valence electrons. The maximum Gasteiger partial charge on any atom is 0.251 e. The van der Waals surface area contributed by atoms with Gasteiger partial charge in [0.1, 0.15) is 0 Å². The maximum atomic E-state index is 13.5. The van der Waals surface area contributed by atoms with Gasteiger partial charge in [-0.2, -0.15) is 4.31 Å². The Hall–Kier alpha value is -2.71. The number of anilines is 1. The van der Waals surface area contributed by atoms with E-state index in [9.17, 15) is 18.0 Å². The van der Waals surface area contributed by atoms with Crippen molar-refractivity contribution in [2.75, 3.05) is 24.5 Å². The van der Waals surface area contributed by atoms with Gasteiger partial charge in [0.05, 0.1) is 4.90 Å². The van der Waals surface area contributed by atoms with Crippen LogP contribution in [0.2, 0.25) is 0 Å². The number of rotatable bonds is 5. The van der Waals surface area contributed by atoms with E-state index in [1.54, 1.807) is 29.2 Å². The lowest BCUT2D eigenvalue weighted by molar-refractivity contribution is -0.123. The fourth-order valence-electron chi connectivity index (χ4n) is 4.83. The summed E-state index contributed by atoms with van der Waals surface area (Å²) >= 11 is 0. The molecule has 2 aliphatic rings. The highest BCUT2D eigenvalue weighted by molar-refractivity contribution is 7.89. The third kappa shape index (κ3) is 4.88. The number of fused-ring (bicyclic) bond motifs is 1. The van der Waals surface area contributed by atoms with Gasteiger partial charge in [0.15, 0.2) is 0 Å². The second-order valence-electron chi connectivity index (χ2n) is 9.52. The predicted molar refractivity (Wildman–Crippen MR) is 132 cm³/mol. The molecule has 1 saturated heterocycles. The number of aryl methyl sites for hydroxylation is 1. The van der Waals surface area contributed by atoms with Gasteiger partial charge in [-0.3, -0.25) is 9.59 Å². The average Bonchev–Trinajstić information content (AvgIpc) is 2.82. The van der Waals surface area contributed by atoms with Gasteiger partial charge in [0.25, 0.3) is 5.91 Å². The zero-order chi connectivity index (χ0) is 24.5. The summed E-state index contributed by atoms with van der Waals surface area (Å²) in [7, 11) is -3.56. The Labute approximate surface area is 202 Å². The van der Waals surface area contributed by atoms with Crippen LogP contribution in [0.4, 0.5) is 5.69 Å². The second-order valence-corrected chi connectivity index (χ2v) is 11.5. The normalized spacial score (nSPS) is 17.5. The molecule has 2 amide bonds. The highest BCUT2D eigenvalue weighted by Gasteiger charge is 2.35. The Morgan fingerprint density at radius 2 is 1.68 bits per heavy atom. The van der Waals surface area contributed by atoms with E-state index in [1.807, 2.05) is 39.0 Å². The first-order valence-electron chi connectivity index (χ1n) is 12.0. The highest BCUT2D eigenvalue weighted by Crippen LogP contribution is 2.33. The van der Waals surface area contributed by atoms with Gasteiger partial charge in [0, 0.05) is 42.8 Å². The fraction of sp³-hybridized carbons (Fsp3) is 0.462. The van der Waals surface area contributed by atoms with E-state index in [0.717, 1.165) is 29.7 Å². The molecule has 1 fully saturated rings. The number of piperidine rings is 1. The molecule has 0 saturated carbocycles. The number of carbonyl (C=O) groups excluding carboxylic acids is 2. The number of nitrogens with zero attached hydrogens (tertiary/aromatic N) is 2.